The zero-order valence-electron chi connectivity index (χ0n) is 17.6. The van der Waals surface area contributed by atoms with E-state index >= 15 is 0 Å². The maximum absolute atomic E-state index is 13.5. The Labute approximate surface area is 168 Å². The lowest BCUT2D eigenvalue weighted by Gasteiger charge is -2.37. The van der Waals surface area contributed by atoms with Crippen LogP contribution < -0.4 is 9.47 Å². The van der Waals surface area contributed by atoms with Crippen molar-refractivity contribution in [2.75, 3.05) is 20.8 Å². The molecule has 0 aliphatic carbocycles. The van der Waals surface area contributed by atoms with Crippen LogP contribution in [0.5, 0.6) is 11.5 Å². The first-order valence-corrected chi connectivity index (χ1v) is 9.90. The average Bonchev–Trinajstić information content (AvgIpc) is 2.69. The molecule has 0 spiro atoms. The molecule has 1 atom stereocenters. The van der Waals surface area contributed by atoms with Crippen molar-refractivity contribution < 1.29 is 14.3 Å². The van der Waals surface area contributed by atoms with Gasteiger partial charge in [-0.3, -0.25) is 4.79 Å². The molecule has 1 amide bonds. The van der Waals surface area contributed by atoms with Crippen LogP contribution in [-0.4, -0.2) is 31.6 Å². The van der Waals surface area contributed by atoms with E-state index in [1.807, 2.05) is 35.2 Å². The number of rotatable bonds is 5. The van der Waals surface area contributed by atoms with Crippen molar-refractivity contribution in [2.45, 2.75) is 40.2 Å². The van der Waals surface area contributed by atoms with Gasteiger partial charge in [0.15, 0.2) is 11.5 Å². The van der Waals surface area contributed by atoms with Crippen LogP contribution >= 0.6 is 0 Å². The fraction of sp³-hybridized carbons (Fsp3) is 0.458. The normalized spacial score (nSPS) is 15.0. The van der Waals surface area contributed by atoms with Crippen LogP contribution in [0.4, 0.5) is 0 Å². The molecule has 2 aromatic carbocycles. The molecular formula is C24H31NO3. The van der Waals surface area contributed by atoms with Gasteiger partial charge in [0.05, 0.1) is 14.2 Å². The van der Waals surface area contributed by atoms with E-state index in [1.54, 1.807) is 14.2 Å². The quantitative estimate of drug-likeness (QED) is 0.766. The zero-order chi connectivity index (χ0) is 20.3. The van der Waals surface area contributed by atoms with Gasteiger partial charge in [-0.05, 0) is 47.1 Å². The SMILES string of the molecule is COc1cc2c(cc1OC)CN(C(=O)[C@H](Cc1ccccc1)C(C)(C)C)CC2. The molecule has 0 fully saturated rings. The van der Waals surface area contributed by atoms with E-state index in [0.29, 0.717) is 12.3 Å². The Morgan fingerprint density at radius 1 is 1.04 bits per heavy atom. The number of methoxy groups -OCH3 is 2. The lowest BCUT2D eigenvalue weighted by Crippen LogP contribution is -2.44. The van der Waals surface area contributed by atoms with Gasteiger partial charge in [-0.2, -0.15) is 0 Å². The maximum Gasteiger partial charge on any atom is 0.226 e. The predicted molar refractivity (Wildman–Crippen MR) is 112 cm³/mol. The van der Waals surface area contributed by atoms with Gasteiger partial charge < -0.3 is 14.4 Å². The van der Waals surface area contributed by atoms with Gasteiger partial charge in [-0.25, -0.2) is 0 Å². The third-order valence-corrected chi connectivity index (χ3v) is 5.66. The third kappa shape index (κ3) is 4.32. The minimum atomic E-state index is -0.106. The predicted octanol–water partition coefficient (Wildman–Crippen LogP) is 4.49. The first kappa shape index (κ1) is 20.2. The largest absolute Gasteiger partial charge is 0.493 e. The lowest BCUT2D eigenvalue weighted by atomic mass is 9.76. The molecule has 0 unspecified atom stereocenters. The van der Waals surface area contributed by atoms with Crippen molar-refractivity contribution in [3.05, 3.63) is 59.2 Å². The summed E-state index contributed by atoms with van der Waals surface area (Å²) in [4.78, 5) is 15.5. The van der Waals surface area contributed by atoms with Crippen LogP contribution in [0.25, 0.3) is 0 Å². The highest BCUT2D eigenvalue weighted by molar-refractivity contribution is 5.80. The number of carbonyl (C=O) groups is 1. The highest BCUT2D eigenvalue weighted by Crippen LogP contribution is 2.36. The van der Waals surface area contributed by atoms with Gasteiger partial charge >= 0.3 is 0 Å². The number of ether oxygens (including phenoxy) is 2. The smallest absolute Gasteiger partial charge is 0.226 e. The lowest BCUT2D eigenvalue weighted by molar-refractivity contribution is -0.140. The molecule has 28 heavy (non-hydrogen) atoms. The fourth-order valence-electron chi connectivity index (χ4n) is 3.91. The van der Waals surface area contributed by atoms with Crippen LogP contribution in [0.3, 0.4) is 0 Å². The molecule has 0 aromatic heterocycles. The first-order chi connectivity index (χ1) is 13.3. The van der Waals surface area contributed by atoms with E-state index in [4.69, 9.17) is 9.47 Å². The summed E-state index contributed by atoms with van der Waals surface area (Å²) in [6, 6.07) is 14.4. The van der Waals surface area contributed by atoms with Gasteiger partial charge in [-0.1, -0.05) is 51.1 Å². The highest BCUT2D eigenvalue weighted by Gasteiger charge is 2.35. The number of fused-ring (bicyclic) bond motifs is 1. The number of nitrogens with zero attached hydrogens (tertiary/aromatic N) is 1. The van der Waals surface area contributed by atoms with Crippen molar-refractivity contribution in [1.82, 2.24) is 4.90 Å². The molecule has 1 aliphatic heterocycles. The molecule has 1 aliphatic rings. The maximum atomic E-state index is 13.5. The molecule has 3 rings (SSSR count). The molecule has 1 heterocycles. The number of hydrogen-bond donors (Lipinski definition) is 0. The Bertz CT molecular complexity index is 824. The third-order valence-electron chi connectivity index (χ3n) is 5.66. The molecule has 4 heteroatoms. The number of carbonyl (C=O) groups excluding carboxylic acids is 1. The number of hydrogen-bond acceptors (Lipinski definition) is 3. The van der Waals surface area contributed by atoms with Crippen LogP contribution in [0.15, 0.2) is 42.5 Å². The van der Waals surface area contributed by atoms with Crippen molar-refractivity contribution in [3.63, 3.8) is 0 Å². The summed E-state index contributed by atoms with van der Waals surface area (Å²) in [6.07, 6.45) is 1.60. The molecule has 0 N–H and O–H groups in total. The van der Waals surface area contributed by atoms with Crippen LogP contribution in [0.2, 0.25) is 0 Å². The Hall–Kier alpha value is -2.49. The van der Waals surface area contributed by atoms with Crippen molar-refractivity contribution in [3.8, 4) is 11.5 Å². The van der Waals surface area contributed by atoms with E-state index in [1.165, 1.54) is 11.1 Å². The molecule has 150 valence electrons. The standard InChI is InChI=1S/C24H31NO3/c1-24(2,3)20(13-17-9-7-6-8-10-17)23(26)25-12-11-18-14-21(27-4)22(28-5)15-19(18)16-25/h6-10,14-15,20H,11-13,16H2,1-5H3/t20-/m0/s1. The molecule has 0 radical (unpaired) electrons. The van der Waals surface area contributed by atoms with Gasteiger partial charge in [0.2, 0.25) is 5.91 Å². The van der Waals surface area contributed by atoms with Crippen molar-refractivity contribution in [1.29, 1.82) is 0 Å². The Morgan fingerprint density at radius 2 is 1.64 bits per heavy atom. The Morgan fingerprint density at radius 3 is 2.21 bits per heavy atom. The molecular weight excluding hydrogens is 350 g/mol. The summed E-state index contributed by atoms with van der Waals surface area (Å²) in [6.45, 7) is 7.83. The Balaban J connectivity index is 1.83. The van der Waals surface area contributed by atoms with E-state index in [9.17, 15) is 4.79 Å². The minimum absolute atomic E-state index is 0.0587. The monoisotopic (exact) mass is 381 g/mol. The topological polar surface area (TPSA) is 38.8 Å². The summed E-state index contributed by atoms with van der Waals surface area (Å²) in [5.74, 6) is 1.64. The van der Waals surface area contributed by atoms with E-state index in [2.05, 4.69) is 32.9 Å². The van der Waals surface area contributed by atoms with Crippen molar-refractivity contribution in [2.24, 2.45) is 11.3 Å². The van der Waals surface area contributed by atoms with E-state index < -0.39 is 0 Å². The summed E-state index contributed by atoms with van der Waals surface area (Å²) in [5.41, 5.74) is 3.48. The second kappa shape index (κ2) is 8.26. The van der Waals surface area contributed by atoms with Gasteiger partial charge in [-0.15, -0.1) is 0 Å². The van der Waals surface area contributed by atoms with Crippen LogP contribution in [0.1, 0.15) is 37.5 Å². The molecule has 2 aromatic rings. The van der Waals surface area contributed by atoms with Gasteiger partial charge in [0.25, 0.3) is 0 Å². The second-order valence-electron chi connectivity index (χ2n) is 8.59. The van der Waals surface area contributed by atoms with Crippen LogP contribution in [0, 0.1) is 11.3 Å². The minimum Gasteiger partial charge on any atom is -0.493 e. The van der Waals surface area contributed by atoms with Gasteiger partial charge in [0.1, 0.15) is 0 Å². The summed E-state index contributed by atoms with van der Waals surface area (Å²) >= 11 is 0. The van der Waals surface area contributed by atoms with E-state index in [0.717, 1.165) is 30.7 Å². The molecule has 4 nitrogen and oxygen atoms in total. The second-order valence-corrected chi connectivity index (χ2v) is 8.59. The van der Waals surface area contributed by atoms with Crippen molar-refractivity contribution >= 4 is 5.91 Å². The molecule has 0 bridgehead atoms. The fourth-order valence-corrected chi connectivity index (χ4v) is 3.91. The zero-order valence-corrected chi connectivity index (χ0v) is 17.6. The number of amides is 1. The summed E-state index contributed by atoms with van der Waals surface area (Å²) in [5, 5.41) is 0. The summed E-state index contributed by atoms with van der Waals surface area (Å²) < 4.78 is 10.9. The number of benzene rings is 2. The van der Waals surface area contributed by atoms with Crippen LogP contribution in [-0.2, 0) is 24.2 Å². The summed E-state index contributed by atoms with van der Waals surface area (Å²) in [7, 11) is 3.30. The van der Waals surface area contributed by atoms with E-state index in [-0.39, 0.29) is 17.2 Å². The molecule has 0 saturated carbocycles. The van der Waals surface area contributed by atoms with Gasteiger partial charge in [0, 0.05) is 19.0 Å². The average molecular weight is 382 g/mol. The highest BCUT2D eigenvalue weighted by atomic mass is 16.5. The first-order valence-electron chi connectivity index (χ1n) is 9.90. The Kier molecular flexibility index (Phi) is 5.97. The molecule has 0 saturated heterocycles.